The Morgan fingerprint density at radius 1 is 1.27 bits per heavy atom. The zero-order valence-corrected chi connectivity index (χ0v) is 12.6. The van der Waals surface area contributed by atoms with Gasteiger partial charge in [0, 0.05) is 18.3 Å². The predicted octanol–water partition coefficient (Wildman–Crippen LogP) is 0.902. The van der Waals surface area contributed by atoms with Crippen molar-refractivity contribution in [1.82, 2.24) is 5.32 Å². The topological polar surface area (TPSA) is 88.0 Å². The number of nitrogens with one attached hydrogen (secondary N) is 2. The molecule has 6 heteroatoms. The minimum Gasteiger partial charge on any atom is -0.463 e. The fraction of sp³-hybridized carbons (Fsp3) is 0.250. The van der Waals surface area contributed by atoms with Gasteiger partial charge >= 0.3 is 0 Å². The standard InChI is InChI=1S/C16H19N3O3/c1-11(14-7-4-8-22-14)18-10-15(20)19-13-6-3-5-12(9-13)16(21)17-2/h3-9,11,18H,10H2,1-2H3,(H,17,21)(H,19,20)/p+1/t11-/m1/s1. The first kappa shape index (κ1) is 15.8. The molecule has 0 saturated carbocycles. The molecule has 1 aromatic carbocycles. The molecule has 1 heterocycles. The summed E-state index contributed by atoms with van der Waals surface area (Å²) in [7, 11) is 1.57. The van der Waals surface area contributed by atoms with Gasteiger partial charge in [-0.3, -0.25) is 9.59 Å². The van der Waals surface area contributed by atoms with E-state index in [9.17, 15) is 9.59 Å². The van der Waals surface area contributed by atoms with E-state index in [1.165, 1.54) is 0 Å². The van der Waals surface area contributed by atoms with E-state index in [4.69, 9.17) is 4.42 Å². The summed E-state index contributed by atoms with van der Waals surface area (Å²) in [6.45, 7) is 2.24. The van der Waals surface area contributed by atoms with Crippen LogP contribution in [0.2, 0.25) is 0 Å². The summed E-state index contributed by atoms with van der Waals surface area (Å²) in [6, 6.07) is 10.6. The molecule has 116 valence electrons. The highest BCUT2D eigenvalue weighted by atomic mass is 16.3. The van der Waals surface area contributed by atoms with Gasteiger partial charge in [-0.05, 0) is 37.3 Å². The summed E-state index contributed by atoms with van der Waals surface area (Å²) in [6.07, 6.45) is 1.62. The van der Waals surface area contributed by atoms with Crippen molar-refractivity contribution in [2.24, 2.45) is 0 Å². The highest BCUT2D eigenvalue weighted by molar-refractivity contribution is 5.97. The summed E-state index contributed by atoms with van der Waals surface area (Å²) in [4.78, 5) is 23.5. The van der Waals surface area contributed by atoms with E-state index in [0.717, 1.165) is 5.76 Å². The van der Waals surface area contributed by atoms with Crippen LogP contribution >= 0.6 is 0 Å². The fourth-order valence-corrected chi connectivity index (χ4v) is 2.04. The predicted molar refractivity (Wildman–Crippen MR) is 82.4 cm³/mol. The first-order valence-corrected chi connectivity index (χ1v) is 7.09. The highest BCUT2D eigenvalue weighted by Crippen LogP contribution is 2.10. The van der Waals surface area contributed by atoms with Crippen molar-refractivity contribution in [3.05, 3.63) is 54.0 Å². The Hall–Kier alpha value is -2.60. The highest BCUT2D eigenvalue weighted by Gasteiger charge is 2.14. The molecule has 0 spiro atoms. The van der Waals surface area contributed by atoms with Crippen LogP contribution in [0.15, 0.2) is 47.1 Å². The Kier molecular flexibility index (Phi) is 5.32. The van der Waals surface area contributed by atoms with Gasteiger partial charge in [0.2, 0.25) is 0 Å². The number of furan rings is 1. The van der Waals surface area contributed by atoms with Gasteiger partial charge in [-0.1, -0.05) is 6.07 Å². The molecule has 0 fully saturated rings. The van der Waals surface area contributed by atoms with Crippen molar-refractivity contribution in [1.29, 1.82) is 0 Å². The number of carbonyl (C=O) groups is 2. The smallest absolute Gasteiger partial charge is 0.279 e. The molecule has 0 saturated heterocycles. The lowest BCUT2D eigenvalue weighted by molar-refractivity contribution is -0.684. The average Bonchev–Trinajstić information content (AvgIpc) is 3.06. The van der Waals surface area contributed by atoms with E-state index in [1.54, 1.807) is 37.6 Å². The van der Waals surface area contributed by atoms with Crippen LogP contribution in [0.25, 0.3) is 0 Å². The van der Waals surface area contributed by atoms with E-state index in [0.29, 0.717) is 11.3 Å². The Balaban J connectivity index is 1.88. The molecule has 0 radical (unpaired) electrons. The van der Waals surface area contributed by atoms with Crippen molar-refractivity contribution >= 4 is 17.5 Å². The summed E-state index contributed by atoms with van der Waals surface area (Å²) in [5.41, 5.74) is 1.11. The van der Waals surface area contributed by atoms with Gasteiger partial charge in [0.05, 0.1) is 6.26 Å². The SMILES string of the molecule is CNC(=O)c1cccc(NC(=O)C[NH2+][C@H](C)c2ccco2)c1. The van der Waals surface area contributed by atoms with Crippen LogP contribution in [0.1, 0.15) is 29.1 Å². The molecule has 0 bridgehead atoms. The average molecular weight is 302 g/mol. The van der Waals surface area contributed by atoms with Gasteiger partial charge in [-0.15, -0.1) is 0 Å². The number of hydrogen-bond donors (Lipinski definition) is 3. The maximum atomic E-state index is 12.0. The summed E-state index contributed by atoms with van der Waals surface area (Å²) in [5, 5.41) is 7.22. The van der Waals surface area contributed by atoms with Crippen LogP contribution in [0, 0.1) is 0 Å². The summed E-state index contributed by atoms with van der Waals surface area (Å²) < 4.78 is 5.29. The number of nitrogens with two attached hydrogens (primary N) is 1. The maximum absolute atomic E-state index is 12.0. The lowest BCUT2D eigenvalue weighted by Gasteiger charge is -2.09. The Morgan fingerprint density at radius 2 is 2.09 bits per heavy atom. The van der Waals surface area contributed by atoms with Crippen molar-refractivity contribution in [3.8, 4) is 0 Å². The van der Waals surface area contributed by atoms with Crippen molar-refractivity contribution < 1.29 is 19.3 Å². The normalized spacial score (nSPS) is 11.7. The van der Waals surface area contributed by atoms with Gasteiger partial charge in [-0.2, -0.15) is 0 Å². The van der Waals surface area contributed by atoms with Crippen LogP contribution in [0.4, 0.5) is 5.69 Å². The van der Waals surface area contributed by atoms with Gasteiger partial charge in [0.25, 0.3) is 11.8 Å². The lowest BCUT2D eigenvalue weighted by atomic mass is 10.2. The second-order valence-electron chi connectivity index (χ2n) is 4.95. The first-order chi connectivity index (χ1) is 10.6. The number of rotatable bonds is 6. The number of amides is 2. The quantitative estimate of drug-likeness (QED) is 0.741. The molecule has 1 atom stereocenters. The van der Waals surface area contributed by atoms with Crippen molar-refractivity contribution in [2.75, 3.05) is 18.9 Å². The Morgan fingerprint density at radius 3 is 2.77 bits per heavy atom. The van der Waals surface area contributed by atoms with E-state index >= 15 is 0 Å². The molecule has 0 aliphatic rings. The van der Waals surface area contributed by atoms with Gasteiger partial charge in [0.15, 0.2) is 12.3 Å². The molecule has 0 aliphatic carbocycles. The van der Waals surface area contributed by atoms with Crippen LogP contribution in [0.3, 0.4) is 0 Å². The number of carbonyl (C=O) groups excluding carboxylic acids is 2. The number of hydrogen-bond acceptors (Lipinski definition) is 3. The number of quaternary nitrogens is 1. The molecule has 6 nitrogen and oxygen atoms in total. The number of benzene rings is 1. The van der Waals surface area contributed by atoms with Crippen LogP contribution < -0.4 is 16.0 Å². The molecular weight excluding hydrogens is 282 g/mol. The van der Waals surface area contributed by atoms with E-state index in [1.807, 2.05) is 24.4 Å². The van der Waals surface area contributed by atoms with Gasteiger partial charge < -0.3 is 20.4 Å². The van der Waals surface area contributed by atoms with Gasteiger partial charge in [0.1, 0.15) is 6.04 Å². The zero-order valence-electron chi connectivity index (χ0n) is 12.6. The third-order valence-corrected chi connectivity index (χ3v) is 3.28. The van der Waals surface area contributed by atoms with Gasteiger partial charge in [-0.25, -0.2) is 0 Å². The van der Waals surface area contributed by atoms with E-state index < -0.39 is 0 Å². The summed E-state index contributed by atoms with van der Waals surface area (Å²) in [5.74, 6) is 0.510. The van der Waals surface area contributed by atoms with Crippen molar-refractivity contribution in [2.45, 2.75) is 13.0 Å². The second kappa shape index (κ2) is 7.42. The second-order valence-corrected chi connectivity index (χ2v) is 4.95. The van der Waals surface area contributed by atoms with Crippen LogP contribution in [-0.4, -0.2) is 25.4 Å². The Bertz CT molecular complexity index is 638. The molecule has 22 heavy (non-hydrogen) atoms. The molecule has 2 aromatic rings. The lowest BCUT2D eigenvalue weighted by Crippen LogP contribution is -2.86. The fourth-order valence-electron chi connectivity index (χ4n) is 2.04. The monoisotopic (exact) mass is 302 g/mol. The number of anilines is 1. The summed E-state index contributed by atoms with van der Waals surface area (Å²) >= 11 is 0. The third kappa shape index (κ3) is 4.20. The zero-order chi connectivity index (χ0) is 15.9. The molecule has 4 N–H and O–H groups in total. The van der Waals surface area contributed by atoms with Crippen LogP contribution in [-0.2, 0) is 4.79 Å². The first-order valence-electron chi connectivity index (χ1n) is 7.09. The minimum absolute atomic E-state index is 0.0675. The molecule has 2 rings (SSSR count). The molecular formula is C16H20N3O3+. The van der Waals surface area contributed by atoms with Crippen molar-refractivity contribution in [3.63, 3.8) is 0 Å². The third-order valence-electron chi connectivity index (χ3n) is 3.28. The van der Waals surface area contributed by atoms with E-state index in [-0.39, 0.29) is 24.4 Å². The largest absolute Gasteiger partial charge is 0.463 e. The molecule has 1 aromatic heterocycles. The van der Waals surface area contributed by atoms with E-state index in [2.05, 4.69) is 10.6 Å². The minimum atomic E-state index is -0.186. The molecule has 0 aliphatic heterocycles. The Labute approximate surface area is 128 Å². The molecule has 2 amide bonds. The van der Waals surface area contributed by atoms with Crippen LogP contribution in [0.5, 0.6) is 0 Å². The molecule has 0 unspecified atom stereocenters. The maximum Gasteiger partial charge on any atom is 0.279 e.